The van der Waals surface area contributed by atoms with Gasteiger partial charge in [-0.05, 0) is 19.4 Å². The third-order valence-corrected chi connectivity index (χ3v) is 2.40. The Balaban J connectivity index is 2.53. The second-order valence-electron chi connectivity index (χ2n) is 3.53. The van der Waals surface area contributed by atoms with Gasteiger partial charge in [-0.15, -0.1) is 5.10 Å². The van der Waals surface area contributed by atoms with Crippen molar-refractivity contribution in [1.82, 2.24) is 20.3 Å². The predicted molar refractivity (Wildman–Crippen MR) is 58.5 cm³/mol. The molecule has 0 spiro atoms. The number of ether oxygens (including phenoxy) is 1. The second-order valence-corrected chi connectivity index (χ2v) is 3.53. The molecule has 5 heteroatoms. The number of methoxy groups -OCH3 is 1. The highest BCUT2D eigenvalue weighted by Gasteiger charge is 2.13. The average molecular weight is 212 g/mol. The van der Waals surface area contributed by atoms with E-state index in [4.69, 9.17) is 4.74 Å². The van der Waals surface area contributed by atoms with Crippen LogP contribution in [0.2, 0.25) is 0 Å². The van der Waals surface area contributed by atoms with E-state index in [-0.39, 0.29) is 0 Å². The van der Waals surface area contributed by atoms with Gasteiger partial charge in [0.2, 0.25) is 0 Å². The SMILES string of the molecule is CCNC(CCCOC)c1cnnn1C. The fourth-order valence-electron chi connectivity index (χ4n) is 1.65. The Kier molecular flexibility index (Phi) is 5.28. The zero-order valence-corrected chi connectivity index (χ0v) is 9.73. The third-order valence-electron chi connectivity index (χ3n) is 2.40. The van der Waals surface area contributed by atoms with Crippen LogP contribution in [0.25, 0.3) is 0 Å². The van der Waals surface area contributed by atoms with Crippen LogP contribution in [-0.4, -0.2) is 35.3 Å². The molecule has 0 saturated heterocycles. The van der Waals surface area contributed by atoms with E-state index in [0.29, 0.717) is 6.04 Å². The molecular weight excluding hydrogens is 192 g/mol. The van der Waals surface area contributed by atoms with E-state index in [1.807, 2.05) is 17.9 Å². The summed E-state index contributed by atoms with van der Waals surface area (Å²) in [5.74, 6) is 0. The van der Waals surface area contributed by atoms with E-state index in [2.05, 4.69) is 22.6 Å². The van der Waals surface area contributed by atoms with Crippen molar-refractivity contribution in [3.8, 4) is 0 Å². The van der Waals surface area contributed by atoms with Crippen molar-refractivity contribution >= 4 is 0 Å². The quantitative estimate of drug-likeness (QED) is 0.682. The van der Waals surface area contributed by atoms with E-state index in [1.165, 1.54) is 0 Å². The third kappa shape index (κ3) is 3.60. The van der Waals surface area contributed by atoms with Crippen LogP contribution in [0.5, 0.6) is 0 Å². The van der Waals surface area contributed by atoms with Crippen molar-refractivity contribution in [3.05, 3.63) is 11.9 Å². The van der Waals surface area contributed by atoms with Gasteiger partial charge in [0.15, 0.2) is 0 Å². The van der Waals surface area contributed by atoms with Crippen LogP contribution < -0.4 is 5.32 Å². The smallest absolute Gasteiger partial charge is 0.0753 e. The number of nitrogens with one attached hydrogen (secondary N) is 1. The molecular formula is C10H20N4O. The highest BCUT2D eigenvalue weighted by molar-refractivity contribution is 5.01. The highest BCUT2D eigenvalue weighted by Crippen LogP contribution is 2.16. The Morgan fingerprint density at radius 1 is 1.60 bits per heavy atom. The molecule has 0 aliphatic carbocycles. The average Bonchev–Trinajstić information content (AvgIpc) is 2.64. The molecule has 0 aromatic carbocycles. The lowest BCUT2D eigenvalue weighted by Crippen LogP contribution is -2.23. The summed E-state index contributed by atoms with van der Waals surface area (Å²) in [6, 6.07) is 0.324. The lowest BCUT2D eigenvalue weighted by Gasteiger charge is -2.17. The Labute approximate surface area is 90.8 Å². The first-order valence-electron chi connectivity index (χ1n) is 5.36. The lowest BCUT2D eigenvalue weighted by molar-refractivity contribution is 0.188. The molecule has 15 heavy (non-hydrogen) atoms. The summed E-state index contributed by atoms with van der Waals surface area (Å²) in [7, 11) is 3.65. The molecule has 5 nitrogen and oxygen atoms in total. The summed E-state index contributed by atoms with van der Waals surface area (Å²) >= 11 is 0. The summed E-state index contributed by atoms with van der Waals surface area (Å²) in [6.07, 6.45) is 3.91. The maximum Gasteiger partial charge on any atom is 0.0753 e. The van der Waals surface area contributed by atoms with Crippen molar-refractivity contribution in [1.29, 1.82) is 0 Å². The van der Waals surface area contributed by atoms with Gasteiger partial charge >= 0.3 is 0 Å². The van der Waals surface area contributed by atoms with Crippen molar-refractivity contribution in [2.24, 2.45) is 7.05 Å². The van der Waals surface area contributed by atoms with Crippen LogP contribution in [0.1, 0.15) is 31.5 Å². The Bertz CT molecular complexity index is 274. The van der Waals surface area contributed by atoms with Gasteiger partial charge < -0.3 is 10.1 Å². The van der Waals surface area contributed by atoms with E-state index >= 15 is 0 Å². The molecule has 0 aliphatic heterocycles. The normalized spacial score (nSPS) is 13.0. The molecule has 1 unspecified atom stereocenters. The number of aromatic nitrogens is 3. The minimum atomic E-state index is 0.324. The highest BCUT2D eigenvalue weighted by atomic mass is 16.5. The van der Waals surface area contributed by atoms with Gasteiger partial charge in [-0.1, -0.05) is 12.1 Å². The van der Waals surface area contributed by atoms with Crippen LogP contribution in [0.4, 0.5) is 0 Å². The number of nitrogens with zero attached hydrogens (tertiary/aromatic N) is 3. The number of aryl methyl sites for hydroxylation is 1. The molecule has 0 saturated carbocycles. The molecule has 0 amide bonds. The first kappa shape index (κ1) is 12.1. The van der Waals surface area contributed by atoms with Crippen LogP contribution in [-0.2, 0) is 11.8 Å². The van der Waals surface area contributed by atoms with E-state index in [1.54, 1.807) is 7.11 Å². The number of hydrogen-bond acceptors (Lipinski definition) is 4. The topological polar surface area (TPSA) is 52.0 Å². The van der Waals surface area contributed by atoms with Crippen molar-refractivity contribution in [3.63, 3.8) is 0 Å². The van der Waals surface area contributed by atoms with Crippen LogP contribution in [0, 0.1) is 0 Å². The number of rotatable bonds is 7. The molecule has 1 rings (SSSR count). The molecule has 86 valence electrons. The summed E-state index contributed by atoms with van der Waals surface area (Å²) < 4.78 is 6.87. The zero-order chi connectivity index (χ0) is 11.1. The summed E-state index contributed by atoms with van der Waals surface area (Å²) in [5.41, 5.74) is 1.13. The van der Waals surface area contributed by atoms with Gasteiger partial charge in [-0.25, -0.2) is 0 Å². The fraction of sp³-hybridized carbons (Fsp3) is 0.800. The largest absolute Gasteiger partial charge is 0.385 e. The van der Waals surface area contributed by atoms with E-state index in [0.717, 1.165) is 31.7 Å². The monoisotopic (exact) mass is 212 g/mol. The lowest BCUT2D eigenvalue weighted by atomic mass is 10.1. The molecule has 1 N–H and O–H groups in total. The minimum absolute atomic E-state index is 0.324. The van der Waals surface area contributed by atoms with Gasteiger partial charge in [0, 0.05) is 20.8 Å². The maximum absolute atomic E-state index is 5.05. The van der Waals surface area contributed by atoms with E-state index < -0.39 is 0 Å². The Morgan fingerprint density at radius 3 is 2.93 bits per heavy atom. The molecule has 1 heterocycles. The molecule has 0 radical (unpaired) electrons. The first-order chi connectivity index (χ1) is 7.29. The Morgan fingerprint density at radius 2 is 2.40 bits per heavy atom. The minimum Gasteiger partial charge on any atom is -0.385 e. The van der Waals surface area contributed by atoms with Crippen molar-refractivity contribution in [2.45, 2.75) is 25.8 Å². The Hall–Kier alpha value is -0.940. The molecule has 1 atom stereocenters. The summed E-state index contributed by atoms with van der Waals surface area (Å²) in [5, 5.41) is 11.3. The second kappa shape index (κ2) is 6.53. The zero-order valence-electron chi connectivity index (χ0n) is 9.73. The van der Waals surface area contributed by atoms with Crippen LogP contribution in [0.3, 0.4) is 0 Å². The molecule has 0 aliphatic rings. The van der Waals surface area contributed by atoms with Gasteiger partial charge in [0.05, 0.1) is 17.9 Å². The van der Waals surface area contributed by atoms with Gasteiger partial charge in [-0.3, -0.25) is 4.68 Å². The summed E-state index contributed by atoms with van der Waals surface area (Å²) in [6.45, 7) is 3.85. The van der Waals surface area contributed by atoms with Gasteiger partial charge in [-0.2, -0.15) is 0 Å². The van der Waals surface area contributed by atoms with Crippen molar-refractivity contribution in [2.75, 3.05) is 20.3 Å². The van der Waals surface area contributed by atoms with Gasteiger partial charge in [0.1, 0.15) is 0 Å². The van der Waals surface area contributed by atoms with Crippen LogP contribution >= 0.6 is 0 Å². The van der Waals surface area contributed by atoms with Gasteiger partial charge in [0.25, 0.3) is 0 Å². The predicted octanol–water partition coefficient (Wildman–Crippen LogP) is 0.892. The maximum atomic E-state index is 5.05. The van der Waals surface area contributed by atoms with Crippen molar-refractivity contribution < 1.29 is 4.74 Å². The van der Waals surface area contributed by atoms with E-state index in [9.17, 15) is 0 Å². The molecule has 0 fully saturated rings. The number of hydrogen-bond donors (Lipinski definition) is 1. The summed E-state index contributed by atoms with van der Waals surface area (Å²) in [4.78, 5) is 0. The fourth-order valence-corrected chi connectivity index (χ4v) is 1.65. The van der Waals surface area contributed by atoms with Crippen LogP contribution in [0.15, 0.2) is 6.20 Å². The molecule has 0 bridgehead atoms. The molecule has 1 aromatic heterocycles. The standard InChI is InChI=1S/C10H20N4O/c1-4-11-9(6-5-7-15-3)10-8-12-13-14(10)2/h8-9,11H,4-7H2,1-3H3. The molecule has 1 aromatic rings. The first-order valence-corrected chi connectivity index (χ1v) is 5.36.